The van der Waals surface area contributed by atoms with Gasteiger partial charge in [-0.3, -0.25) is 9.79 Å². The van der Waals surface area contributed by atoms with Gasteiger partial charge in [-0.05, 0) is 31.2 Å². The molecule has 3 nitrogen and oxygen atoms in total. The number of hydrogen-bond donors (Lipinski definition) is 1. The Morgan fingerprint density at radius 1 is 1.44 bits per heavy atom. The van der Waals surface area contributed by atoms with E-state index in [0.717, 1.165) is 23.0 Å². The fourth-order valence-electron chi connectivity index (χ4n) is 1.46. The highest BCUT2D eigenvalue weighted by Crippen LogP contribution is 2.22. The van der Waals surface area contributed by atoms with Crippen LogP contribution in [0.3, 0.4) is 0 Å². The van der Waals surface area contributed by atoms with Crippen LogP contribution < -0.4 is 5.32 Å². The molecule has 1 atom stereocenters. The smallest absolute Gasteiger partial charge is 0.161 e. The number of ketones is 1. The Bertz CT molecular complexity index is 425. The maximum atomic E-state index is 11.1. The van der Waals surface area contributed by atoms with Crippen LogP contribution in [0.2, 0.25) is 0 Å². The van der Waals surface area contributed by atoms with Gasteiger partial charge < -0.3 is 5.32 Å². The molecular weight excluding hydrogens is 220 g/mol. The standard InChI is InChI=1S/C12H14N2OS/c1-8-7-13-12(16-8)14-11-5-3-10(4-6-11)9(2)15/h3-6,8H,7H2,1-2H3,(H,13,14)/t8-/m1/s1. The fourth-order valence-corrected chi connectivity index (χ4v) is 2.31. The lowest BCUT2D eigenvalue weighted by Gasteiger charge is -2.06. The summed E-state index contributed by atoms with van der Waals surface area (Å²) < 4.78 is 0. The number of hydrogen-bond acceptors (Lipinski definition) is 4. The molecule has 0 spiro atoms. The van der Waals surface area contributed by atoms with Crippen molar-refractivity contribution in [2.45, 2.75) is 19.1 Å². The number of nitrogens with one attached hydrogen (secondary N) is 1. The van der Waals surface area contributed by atoms with Gasteiger partial charge in [0.05, 0.1) is 6.54 Å². The number of benzene rings is 1. The van der Waals surface area contributed by atoms with Crippen molar-refractivity contribution in [3.8, 4) is 0 Å². The second kappa shape index (κ2) is 4.70. The molecule has 0 fully saturated rings. The van der Waals surface area contributed by atoms with E-state index in [1.54, 1.807) is 18.7 Å². The van der Waals surface area contributed by atoms with Crippen molar-refractivity contribution < 1.29 is 4.79 Å². The number of thioether (sulfide) groups is 1. The zero-order chi connectivity index (χ0) is 11.5. The van der Waals surface area contributed by atoms with Gasteiger partial charge >= 0.3 is 0 Å². The second-order valence-corrected chi connectivity index (χ2v) is 5.26. The van der Waals surface area contributed by atoms with Crippen LogP contribution in [0, 0.1) is 0 Å². The molecule has 0 unspecified atom stereocenters. The largest absolute Gasteiger partial charge is 0.335 e. The van der Waals surface area contributed by atoms with E-state index in [4.69, 9.17) is 0 Å². The third-order valence-corrected chi connectivity index (χ3v) is 3.35. The second-order valence-electron chi connectivity index (χ2n) is 3.83. The van der Waals surface area contributed by atoms with E-state index in [0.29, 0.717) is 5.25 Å². The zero-order valence-electron chi connectivity index (χ0n) is 9.36. The summed E-state index contributed by atoms with van der Waals surface area (Å²) in [6.45, 7) is 4.60. The minimum Gasteiger partial charge on any atom is -0.335 e. The summed E-state index contributed by atoms with van der Waals surface area (Å²) in [4.78, 5) is 15.5. The summed E-state index contributed by atoms with van der Waals surface area (Å²) in [6, 6.07) is 7.47. The van der Waals surface area contributed by atoms with Crippen LogP contribution in [0.4, 0.5) is 5.69 Å². The number of aliphatic imine (C=N–C) groups is 1. The van der Waals surface area contributed by atoms with E-state index in [1.807, 2.05) is 24.3 Å². The number of rotatable bonds is 2. The molecule has 84 valence electrons. The molecular formula is C12H14N2OS. The molecule has 0 aromatic heterocycles. The summed E-state index contributed by atoms with van der Waals surface area (Å²) >= 11 is 1.74. The first kappa shape index (κ1) is 11.2. The molecule has 1 N–H and O–H groups in total. The first-order valence-corrected chi connectivity index (χ1v) is 6.12. The predicted molar refractivity (Wildman–Crippen MR) is 69.4 cm³/mol. The van der Waals surface area contributed by atoms with E-state index < -0.39 is 0 Å². The SMILES string of the molecule is CC(=O)c1ccc(NC2=NC[C@@H](C)S2)cc1. The van der Waals surface area contributed by atoms with Gasteiger partial charge in [0, 0.05) is 16.5 Å². The van der Waals surface area contributed by atoms with E-state index in [9.17, 15) is 4.79 Å². The average Bonchev–Trinajstić information content (AvgIpc) is 2.65. The lowest BCUT2D eigenvalue weighted by Crippen LogP contribution is -2.06. The molecule has 1 aromatic rings. The normalized spacial score (nSPS) is 19.4. The summed E-state index contributed by atoms with van der Waals surface area (Å²) in [7, 11) is 0. The summed E-state index contributed by atoms with van der Waals surface area (Å²) in [6.07, 6.45) is 0. The minimum absolute atomic E-state index is 0.0905. The van der Waals surface area contributed by atoms with Crippen LogP contribution in [0.5, 0.6) is 0 Å². The summed E-state index contributed by atoms with van der Waals surface area (Å²) in [5.41, 5.74) is 1.71. The number of carbonyl (C=O) groups excluding carboxylic acids is 1. The van der Waals surface area contributed by atoms with Gasteiger partial charge in [-0.15, -0.1) is 0 Å². The molecule has 0 bridgehead atoms. The van der Waals surface area contributed by atoms with Crippen molar-refractivity contribution in [3.63, 3.8) is 0 Å². The van der Waals surface area contributed by atoms with Crippen molar-refractivity contribution in [2.75, 3.05) is 11.9 Å². The average molecular weight is 234 g/mol. The molecule has 1 heterocycles. The monoisotopic (exact) mass is 234 g/mol. The number of anilines is 1. The first-order valence-electron chi connectivity index (χ1n) is 5.24. The Kier molecular flexibility index (Phi) is 3.29. The van der Waals surface area contributed by atoms with Crippen molar-refractivity contribution >= 4 is 28.4 Å². The molecule has 0 amide bonds. The van der Waals surface area contributed by atoms with Crippen LogP contribution in [0.15, 0.2) is 29.3 Å². The van der Waals surface area contributed by atoms with E-state index >= 15 is 0 Å². The van der Waals surface area contributed by atoms with Crippen molar-refractivity contribution in [3.05, 3.63) is 29.8 Å². The molecule has 0 saturated carbocycles. The highest BCUT2D eigenvalue weighted by Gasteiger charge is 2.14. The Morgan fingerprint density at radius 2 is 2.12 bits per heavy atom. The van der Waals surface area contributed by atoms with Crippen LogP contribution >= 0.6 is 11.8 Å². The number of carbonyl (C=O) groups is 1. The maximum absolute atomic E-state index is 11.1. The van der Waals surface area contributed by atoms with Crippen molar-refractivity contribution in [1.29, 1.82) is 0 Å². The van der Waals surface area contributed by atoms with E-state index in [-0.39, 0.29) is 5.78 Å². The highest BCUT2D eigenvalue weighted by atomic mass is 32.2. The highest BCUT2D eigenvalue weighted by molar-refractivity contribution is 8.15. The van der Waals surface area contributed by atoms with E-state index in [1.165, 1.54) is 0 Å². The van der Waals surface area contributed by atoms with Crippen LogP contribution in [-0.4, -0.2) is 22.7 Å². The number of nitrogens with zero attached hydrogens (tertiary/aromatic N) is 1. The quantitative estimate of drug-likeness (QED) is 0.800. The molecule has 4 heteroatoms. The van der Waals surface area contributed by atoms with Gasteiger partial charge in [0.2, 0.25) is 0 Å². The molecule has 16 heavy (non-hydrogen) atoms. The Morgan fingerprint density at radius 3 is 2.62 bits per heavy atom. The van der Waals surface area contributed by atoms with Gasteiger partial charge in [-0.25, -0.2) is 0 Å². The Labute approximate surface area is 99.3 Å². The van der Waals surface area contributed by atoms with Gasteiger partial charge in [0.1, 0.15) is 0 Å². The third-order valence-electron chi connectivity index (χ3n) is 2.35. The van der Waals surface area contributed by atoms with Crippen LogP contribution in [0.25, 0.3) is 0 Å². The Balaban J connectivity index is 2.03. The molecule has 2 rings (SSSR count). The summed E-state index contributed by atoms with van der Waals surface area (Å²) in [5.74, 6) is 0.0905. The maximum Gasteiger partial charge on any atom is 0.161 e. The first-order chi connectivity index (χ1) is 7.65. The molecule has 0 aliphatic carbocycles. The third kappa shape index (κ3) is 2.64. The molecule has 0 saturated heterocycles. The van der Waals surface area contributed by atoms with Gasteiger partial charge in [-0.1, -0.05) is 18.7 Å². The zero-order valence-corrected chi connectivity index (χ0v) is 10.2. The van der Waals surface area contributed by atoms with Crippen LogP contribution in [-0.2, 0) is 0 Å². The number of amidine groups is 1. The topological polar surface area (TPSA) is 41.5 Å². The van der Waals surface area contributed by atoms with Crippen molar-refractivity contribution in [1.82, 2.24) is 0 Å². The van der Waals surface area contributed by atoms with Crippen molar-refractivity contribution in [2.24, 2.45) is 4.99 Å². The van der Waals surface area contributed by atoms with Gasteiger partial charge in [0.25, 0.3) is 0 Å². The summed E-state index contributed by atoms with van der Waals surface area (Å²) in [5, 5.41) is 4.75. The minimum atomic E-state index is 0.0905. The van der Waals surface area contributed by atoms with Gasteiger partial charge in [-0.2, -0.15) is 0 Å². The lowest BCUT2D eigenvalue weighted by molar-refractivity contribution is 0.101. The molecule has 1 aliphatic heterocycles. The van der Waals surface area contributed by atoms with E-state index in [2.05, 4.69) is 17.2 Å². The fraction of sp³-hybridized carbons (Fsp3) is 0.333. The predicted octanol–water partition coefficient (Wildman–Crippen LogP) is 2.79. The molecule has 1 aromatic carbocycles. The molecule has 1 aliphatic rings. The van der Waals surface area contributed by atoms with Crippen LogP contribution in [0.1, 0.15) is 24.2 Å². The lowest BCUT2D eigenvalue weighted by atomic mass is 10.1. The van der Waals surface area contributed by atoms with Gasteiger partial charge in [0.15, 0.2) is 11.0 Å². The molecule has 0 radical (unpaired) electrons. The number of Topliss-reactive ketones (excluding diaryl/α,β-unsaturated/α-hetero) is 1. The Hall–Kier alpha value is -1.29.